The van der Waals surface area contributed by atoms with Gasteiger partial charge in [0.15, 0.2) is 11.5 Å². The molecule has 0 saturated carbocycles. The van der Waals surface area contributed by atoms with Crippen LogP contribution in [-0.2, 0) is 4.79 Å². The van der Waals surface area contributed by atoms with Crippen LogP contribution in [0.15, 0.2) is 24.3 Å². The van der Waals surface area contributed by atoms with Crippen LogP contribution in [0.5, 0.6) is 11.5 Å². The summed E-state index contributed by atoms with van der Waals surface area (Å²) >= 11 is 0. The molecule has 0 aromatic heterocycles. The number of benzene rings is 1. The Morgan fingerprint density at radius 1 is 1.25 bits per heavy atom. The minimum Gasteiger partial charge on any atom is -0.493 e. The molecule has 4 nitrogen and oxygen atoms in total. The average Bonchev–Trinajstić information content (AvgIpc) is 2.45. The van der Waals surface area contributed by atoms with Gasteiger partial charge in [-0.1, -0.05) is 26.0 Å². The number of carbonyl (C=O) groups is 1. The van der Waals surface area contributed by atoms with Gasteiger partial charge in [0.2, 0.25) is 0 Å². The molecule has 1 unspecified atom stereocenters. The molecule has 0 aliphatic rings. The second-order valence-corrected chi connectivity index (χ2v) is 5.31. The van der Waals surface area contributed by atoms with E-state index in [9.17, 15) is 4.79 Å². The first-order valence-corrected chi connectivity index (χ1v) is 6.98. The minimum absolute atomic E-state index is 0.0752. The zero-order valence-electron chi connectivity index (χ0n) is 12.8. The number of hydrogen-bond donors (Lipinski definition) is 0. The number of methoxy groups -OCH3 is 1. The predicted octanol–water partition coefficient (Wildman–Crippen LogP) is 2.48. The molecule has 0 fully saturated rings. The minimum atomic E-state index is 0.0752. The summed E-state index contributed by atoms with van der Waals surface area (Å²) in [4.78, 5) is 13.1. The fourth-order valence-corrected chi connectivity index (χ4v) is 1.91. The molecule has 0 aliphatic carbocycles. The van der Waals surface area contributed by atoms with Crippen molar-refractivity contribution in [1.82, 2.24) is 4.90 Å². The standard InChI is InChI=1S/C16H25NO3/c1-13(2)14(12-18)11-17(3)9-10-20-16-8-6-5-7-15(16)19-4/h5-8,12-14H,9-11H2,1-4H3. The van der Waals surface area contributed by atoms with Crippen molar-refractivity contribution in [3.8, 4) is 11.5 Å². The van der Waals surface area contributed by atoms with Crippen molar-refractivity contribution in [2.45, 2.75) is 13.8 Å². The summed E-state index contributed by atoms with van der Waals surface area (Å²) in [5.41, 5.74) is 0. The maximum Gasteiger partial charge on any atom is 0.161 e. The van der Waals surface area contributed by atoms with Crippen LogP contribution in [0.3, 0.4) is 0 Å². The average molecular weight is 279 g/mol. The SMILES string of the molecule is COc1ccccc1OCCN(C)CC(C=O)C(C)C. The number of ether oxygens (including phenoxy) is 2. The highest BCUT2D eigenvalue weighted by Gasteiger charge is 2.14. The van der Waals surface area contributed by atoms with Crippen LogP contribution in [0.4, 0.5) is 0 Å². The third kappa shape index (κ3) is 5.21. The van der Waals surface area contributed by atoms with Crippen molar-refractivity contribution in [3.05, 3.63) is 24.3 Å². The number of hydrogen-bond acceptors (Lipinski definition) is 4. The van der Waals surface area contributed by atoms with Crippen LogP contribution in [0.1, 0.15) is 13.8 Å². The van der Waals surface area contributed by atoms with E-state index in [1.807, 2.05) is 31.3 Å². The third-order valence-electron chi connectivity index (χ3n) is 3.35. The molecular weight excluding hydrogens is 254 g/mol. The van der Waals surface area contributed by atoms with Gasteiger partial charge in [0.1, 0.15) is 12.9 Å². The van der Waals surface area contributed by atoms with Gasteiger partial charge in [0.05, 0.1) is 7.11 Å². The van der Waals surface area contributed by atoms with Gasteiger partial charge in [-0.05, 0) is 25.1 Å². The fraction of sp³-hybridized carbons (Fsp3) is 0.562. The van der Waals surface area contributed by atoms with E-state index >= 15 is 0 Å². The van der Waals surface area contributed by atoms with Crippen molar-refractivity contribution >= 4 is 6.29 Å². The molecule has 4 heteroatoms. The lowest BCUT2D eigenvalue weighted by Crippen LogP contribution is -2.32. The summed E-state index contributed by atoms with van der Waals surface area (Å²) in [7, 11) is 3.64. The molecule has 0 heterocycles. The Labute approximate surface area is 121 Å². The number of likely N-dealkylation sites (N-methyl/N-ethyl adjacent to an activating group) is 1. The van der Waals surface area contributed by atoms with E-state index < -0.39 is 0 Å². The van der Waals surface area contributed by atoms with E-state index in [0.717, 1.165) is 30.9 Å². The molecule has 0 N–H and O–H groups in total. The van der Waals surface area contributed by atoms with E-state index in [2.05, 4.69) is 18.7 Å². The first kappa shape index (κ1) is 16.5. The summed E-state index contributed by atoms with van der Waals surface area (Å²) in [6, 6.07) is 7.60. The van der Waals surface area contributed by atoms with Gasteiger partial charge in [0, 0.05) is 19.0 Å². The molecule has 0 bridgehead atoms. The quantitative estimate of drug-likeness (QED) is 0.651. The normalized spacial score (nSPS) is 12.5. The molecule has 0 aliphatic heterocycles. The molecule has 1 rings (SSSR count). The van der Waals surface area contributed by atoms with Crippen LogP contribution in [0.25, 0.3) is 0 Å². The van der Waals surface area contributed by atoms with Crippen molar-refractivity contribution in [3.63, 3.8) is 0 Å². The summed E-state index contributed by atoms with van der Waals surface area (Å²) in [6.07, 6.45) is 1.04. The first-order chi connectivity index (χ1) is 9.58. The molecule has 1 aromatic rings. The Kier molecular flexibility index (Phi) is 7.09. The predicted molar refractivity (Wildman–Crippen MR) is 80.4 cm³/mol. The van der Waals surface area contributed by atoms with Gasteiger partial charge in [-0.2, -0.15) is 0 Å². The number of nitrogens with zero attached hydrogens (tertiary/aromatic N) is 1. The van der Waals surface area contributed by atoms with Crippen molar-refractivity contribution in [2.75, 3.05) is 33.9 Å². The second-order valence-electron chi connectivity index (χ2n) is 5.31. The summed E-state index contributed by atoms with van der Waals surface area (Å²) < 4.78 is 11.0. The number of para-hydroxylation sites is 2. The molecule has 20 heavy (non-hydrogen) atoms. The highest BCUT2D eigenvalue weighted by Crippen LogP contribution is 2.25. The molecule has 0 amide bonds. The molecule has 0 radical (unpaired) electrons. The maximum absolute atomic E-state index is 11.0. The topological polar surface area (TPSA) is 38.8 Å². The van der Waals surface area contributed by atoms with Crippen LogP contribution in [-0.4, -0.2) is 45.0 Å². The van der Waals surface area contributed by atoms with Gasteiger partial charge < -0.3 is 19.2 Å². The van der Waals surface area contributed by atoms with E-state index in [1.54, 1.807) is 7.11 Å². The summed E-state index contributed by atoms with van der Waals surface area (Å²) in [5, 5.41) is 0. The molecule has 1 aromatic carbocycles. The zero-order valence-corrected chi connectivity index (χ0v) is 12.8. The van der Waals surface area contributed by atoms with Gasteiger partial charge in [0.25, 0.3) is 0 Å². The number of aldehydes is 1. The summed E-state index contributed by atoms with van der Waals surface area (Å²) in [6.45, 7) is 6.24. The summed E-state index contributed by atoms with van der Waals surface area (Å²) in [5.74, 6) is 1.93. The van der Waals surface area contributed by atoms with E-state index in [4.69, 9.17) is 9.47 Å². The maximum atomic E-state index is 11.0. The van der Waals surface area contributed by atoms with E-state index in [0.29, 0.717) is 12.5 Å². The number of carbonyl (C=O) groups excluding carboxylic acids is 1. The van der Waals surface area contributed by atoms with Gasteiger partial charge in [-0.3, -0.25) is 0 Å². The van der Waals surface area contributed by atoms with Crippen LogP contribution in [0, 0.1) is 11.8 Å². The van der Waals surface area contributed by atoms with Crippen molar-refractivity contribution < 1.29 is 14.3 Å². The zero-order chi connectivity index (χ0) is 15.0. The Balaban J connectivity index is 2.38. The van der Waals surface area contributed by atoms with Crippen LogP contribution >= 0.6 is 0 Å². The Hall–Kier alpha value is -1.55. The lowest BCUT2D eigenvalue weighted by atomic mass is 9.97. The van der Waals surface area contributed by atoms with Crippen LogP contribution in [0.2, 0.25) is 0 Å². The van der Waals surface area contributed by atoms with Crippen LogP contribution < -0.4 is 9.47 Å². The molecule has 0 saturated heterocycles. The largest absolute Gasteiger partial charge is 0.493 e. The smallest absolute Gasteiger partial charge is 0.161 e. The Bertz CT molecular complexity index is 406. The molecule has 112 valence electrons. The van der Waals surface area contributed by atoms with Crippen molar-refractivity contribution in [2.24, 2.45) is 11.8 Å². The first-order valence-electron chi connectivity index (χ1n) is 6.98. The third-order valence-corrected chi connectivity index (χ3v) is 3.35. The second kappa shape index (κ2) is 8.59. The van der Waals surface area contributed by atoms with E-state index in [1.165, 1.54) is 0 Å². The highest BCUT2D eigenvalue weighted by atomic mass is 16.5. The van der Waals surface area contributed by atoms with Gasteiger partial charge >= 0.3 is 0 Å². The number of rotatable bonds is 9. The van der Waals surface area contributed by atoms with Gasteiger partial charge in [-0.15, -0.1) is 0 Å². The van der Waals surface area contributed by atoms with Gasteiger partial charge in [-0.25, -0.2) is 0 Å². The molecular formula is C16H25NO3. The Morgan fingerprint density at radius 2 is 1.90 bits per heavy atom. The molecule has 0 spiro atoms. The fourth-order valence-electron chi connectivity index (χ4n) is 1.91. The Morgan fingerprint density at radius 3 is 2.45 bits per heavy atom. The lowest BCUT2D eigenvalue weighted by Gasteiger charge is -2.22. The van der Waals surface area contributed by atoms with E-state index in [-0.39, 0.29) is 5.92 Å². The lowest BCUT2D eigenvalue weighted by molar-refractivity contribution is -0.112. The highest BCUT2D eigenvalue weighted by molar-refractivity contribution is 5.54. The monoisotopic (exact) mass is 279 g/mol. The molecule has 1 atom stereocenters. The van der Waals surface area contributed by atoms with Crippen molar-refractivity contribution in [1.29, 1.82) is 0 Å².